The Balaban J connectivity index is 2.34. The highest BCUT2D eigenvalue weighted by Crippen LogP contribution is 2.34. The number of nitrogens with two attached hydrogens (primary N) is 1. The molecule has 0 aromatic heterocycles. The van der Waals surface area contributed by atoms with Gasteiger partial charge in [0.1, 0.15) is 4.90 Å². The second-order valence-electron chi connectivity index (χ2n) is 4.54. The molecule has 2 rings (SSSR count). The number of hydrazine groups is 1. The van der Waals surface area contributed by atoms with Crippen molar-refractivity contribution in [2.45, 2.75) is 24.2 Å². The van der Waals surface area contributed by atoms with E-state index in [2.05, 4.69) is 20.8 Å². The number of piperidine rings is 1. The third kappa shape index (κ3) is 3.25. The first-order valence-corrected chi connectivity index (χ1v) is 8.68. The normalized spacial score (nSPS) is 17.4. The number of nitrogen functional groups attached to an aromatic ring is 1. The zero-order chi connectivity index (χ0) is 14.9. The number of nitrogens with zero attached hydrogens (tertiary/aromatic N) is 1. The van der Waals surface area contributed by atoms with E-state index in [1.165, 1.54) is 0 Å². The number of sulfonamides is 1. The number of benzene rings is 1. The van der Waals surface area contributed by atoms with Crippen molar-refractivity contribution < 1.29 is 12.8 Å². The highest BCUT2D eigenvalue weighted by molar-refractivity contribution is 9.10. The van der Waals surface area contributed by atoms with Crippen LogP contribution in [0.15, 0.2) is 15.4 Å². The molecule has 3 N–H and O–H groups in total. The molecule has 1 aliphatic rings. The number of halogens is 3. The number of hydrogen-bond acceptors (Lipinski definition) is 4. The van der Waals surface area contributed by atoms with Gasteiger partial charge in [-0.15, -0.1) is 4.83 Å². The van der Waals surface area contributed by atoms with Gasteiger partial charge >= 0.3 is 0 Å². The Morgan fingerprint density at radius 3 is 2.55 bits per heavy atom. The summed E-state index contributed by atoms with van der Waals surface area (Å²) < 4.78 is 38.6. The molecule has 1 heterocycles. The Bertz CT molecular complexity index is 621. The maximum Gasteiger partial charge on any atom is 0.256 e. The average Bonchev–Trinajstić information content (AvgIpc) is 2.41. The number of rotatable bonds is 3. The van der Waals surface area contributed by atoms with Gasteiger partial charge < -0.3 is 5.73 Å². The highest BCUT2D eigenvalue weighted by atomic mass is 79.9. The zero-order valence-corrected chi connectivity index (χ0v) is 13.7. The van der Waals surface area contributed by atoms with Crippen LogP contribution in [0, 0.1) is 5.82 Å². The van der Waals surface area contributed by atoms with Crippen molar-refractivity contribution >= 4 is 43.2 Å². The van der Waals surface area contributed by atoms with E-state index >= 15 is 0 Å². The first-order valence-electron chi connectivity index (χ1n) is 6.03. The van der Waals surface area contributed by atoms with Gasteiger partial charge in [0, 0.05) is 13.1 Å². The summed E-state index contributed by atoms with van der Waals surface area (Å²) in [5.74, 6) is -1.01. The van der Waals surface area contributed by atoms with E-state index in [0.29, 0.717) is 13.1 Å². The lowest BCUT2D eigenvalue weighted by atomic mass is 10.2. The van der Waals surface area contributed by atoms with Crippen molar-refractivity contribution in [3.63, 3.8) is 0 Å². The molecule has 1 aromatic rings. The molecule has 9 heteroatoms. The third-order valence-corrected chi connectivity index (χ3v) is 5.81. The fraction of sp³-hybridized carbons (Fsp3) is 0.455. The number of hydrogen-bond donors (Lipinski definition) is 2. The van der Waals surface area contributed by atoms with Gasteiger partial charge in [-0.1, -0.05) is 18.0 Å². The van der Waals surface area contributed by atoms with E-state index in [1.807, 2.05) is 0 Å². The van der Waals surface area contributed by atoms with Crippen molar-refractivity contribution in [2.24, 2.45) is 0 Å². The van der Waals surface area contributed by atoms with Crippen LogP contribution in [-0.4, -0.2) is 26.5 Å². The summed E-state index contributed by atoms with van der Waals surface area (Å²) in [6.07, 6.45) is 2.85. The largest absolute Gasteiger partial charge is 0.395 e. The minimum Gasteiger partial charge on any atom is -0.395 e. The molecule has 0 saturated carbocycles. The van der Waals surface area contributed by atoms with Crippen LogP contribution >= 0.6 is 27.5 Å². The SMILES string of the molecule is Nc1c(F)c(S(=O)(=O)NN2CCCCC2)cc(Cl)c1Br. The third-order valence-electron chi connectivity index (χ3n) is 3.05. The first kappa shape index (κ1) is 16.0. The Hall–Kier alpha value is -0.410. The summed E-state index contributed by atoms with van der Waals surface area (Å²) in [5, 5.41) is 1.60. The van der Waals surface area contributed by atoms with Crippen molar-refractivity contribution in [3.05, 3.63) is 21.4 Å². The maximum absolute atomic E-state index is 14.0. The predicted octanol–water partition coefficient (Wildman–Crippen LogP) is 2.50. The van der Waals surface area contributed by atoms with Crippen LogP contribution in [0.1, 0.15) is 19.3 Å². The van der Waals surface area contributed by atoms with Gasteiger partial charge in [0.2, 0.25) is 0 Å². The first-order chi connectivity index (χ1) is 9.33. The highest BCUT2D eigenvalue weighted by Gasteiger charge is 2.26. The molecule has 5 nitrogen and oxygen atoms in total. The number of nitrogens with one attached hydrogen (secondary N) is 1. The summed E-state index contributed by atoms with van der Waals surface area (Å²) in [6.45, 7) is 1.20. The fourth-order valence-corrected chi connectivity index (χ4v) is 3.80. The van der Waals surface area contributed by atoms with Crippen molar-refractivity contribution in [1.29, 1.82) is 0 Å². The molecule has 0 bridgehead atoms. The second-order valence-corrected chi connectivity index (χ2v) is 7.37. The van der Waals surface area contributed by atoms with E-state index in [1.54, 1.807) is 5.01 Å². The van der Waals surface area contributed by atoms with Crippen LogP contribution in [0.4, 0.5) is 10.1 Å². The van der Waals surface area contributed by atoms with Crippen molar-refractivity contribution in [2.75, 3.05) is 18.8 Å². The molecule has 0 radical (unpaired) electrons. The summed E-state index contributed by atoms with van der Waals surface area (Å²) in [5.41, 5.74) is 5.18. The summed E-state index contributed by atoms with van der Waals surface area (Å²) in [6, 6.07) is 1.05. The molecular weight excluding hydrogens is 373 g/mol. The van der Waals surface area contributed by atoms with Gasteiger partial charge in [0.05, 0.1) is 15.2 Å². The Morgan fingerprint density at radius 1 is 1.35 bits per heavy atom. The van der Waals surface area contributed by atoms with Crippen LogP contribution in [0.3, 0.4) is 0 Å². The molecule has 1 aromatic carbocycles. The quantitative estimate of drug-likeness (QED) is 0.618. The van der Waals surface area contributed by atoms with E-state index in [9.17, 15) is 12.8 Å². The molecule has 1 fully saturated rings. The van der Waals surface area contributed by atoms with Crippen molar-refractivity contribution in [3.8, 4) is 0 Å². The van der Waals surface area contributed by atoms with E-state index in [0.717, 1.165) is 25.3 Å². The molecule has 0 unspecified atom stereocenters. The van der Waals surface area contributed by atoms with E-state index in [-0.39, 0.29) is 15.2 Å². The summed E-state index contributed by atoms with van der Waals surface area (Å²) in [7, 11) is -4.04. The topological polar surface area (TPSA) is 75.4 Å². The summed E-state index contributed by atoms with van der Waals surface area (Å²) in [4.78, 5) is 1.81. The van der Waals surface area contributed by atoms with Crippen LogP contribution in [0.25, 0.3) is 0 Å². The van der Waals surface area contributed by atoms with Gasteiger partial charge in [0.25, 0.3) is 10.0 Å². The van der Waals surface area contributed by atoms with E-state index in [4.69, 9.17) is 17.3 Å². The number of anilines is 1. The standard InChI is InChI=1S/C11H14BrClFN3O2S/c12-9-7(13)6-8(10(14)11(9)15)20(18,19)16-17-4-2-1-3-5-17/h6,16H,1-5,15H2. The van der Waals surface area contributed by atoms with Gasteiger partial charge in [-0.3, -0.25) is 0 Å². The predicted molar refractivity (Wildman–Crippen MR) is 79.3 cm³/mol. The maximum atomic E-state index is 14.0. The molecule has 0 amide bonds. The van der Waals surface area contributed by atoms with Crippen molar-refractivity contribution in [1.82, 2.24) is 9.84 Å². The molecular formula is C11H14BrClFN3O2S. The van der Waals surface area contributed by atoms with Gasteiger partial charge in [-0.2, -0.15) is 0 Å². The fourth-order valence-electron chi connectivity index (χ4n) is 2.00. The van der Waals surface area contributed by atoms with Crippen LogP contribution < -0.4 is 10.6 Å². The lowest BCUT2D eigenvalue weighted by Gasteiger charge is -2.26. The zero-order valence-electron chi connectivity index (χ0n) is 10.5. The second kappa shape index (κ2) is 6.15. The molecule has 1 aliphatic heterocycles. The molecule has 0 aliphatic carbocycles. The van der Waals surface area contributed by atoms with Crippen LogP contribution in [-0.2, 0) is 10.0 Å². The molecule has 112 valence electrons. The lowest BCUT2D eigenvalue weighted by Crippen LogP contribution is -2.45. The molecule has 0 atom stereocenters. The van der Waals surface area contributed by atoms with Gasteiger partial charge in [-0.05, 0) is 34.8 Å². The van der Waals surface area contributed by atoms with Gasteiger partial charge in [-0.25, -0.2) is 17.8 Å². The monoisotopic (exact) mass is 385 g/mol. The minimum absolute atomic E-state index is 0.0444. The smallest absolute Gasteiger partial charge is 0.256 e. The molecule has 20 heavy (non-hydrogen) atoms. The molecule has 0 spiro atoms. The average molecular weight is 387 g/mol. The Kier molecular flexibility index (Phi) is 4.91. The Morgan fingerprint density at radius 2 is 1.95 bits per heavy atom. The molecule has 1 saturated heterocycles. The van der Waals surface area contributed by atoms with Gasteiger partial charge in [0.15, 0.2) is 5.82 Å². The Labute approximate surface area is 130 Å². The van der Waals surface area contributed by atoms with Crippen LogP contribution in [0.2, 0.25) is 5.02 Å². The minimum atomic E-state index is -4.04. The lowest BCUT2D eigenvalue weighted by molar-refractivity contribution is 0.199. The van der Waals surface area contributed by atoms with Crippen LogP contribution in [0.5, 0.6) is 0 Å². The van der Waals surface area contributed by atoms with E-state index < -0.39 is 20.7 Å². The summed E-state index contributed by atoms with van der Waals surface area (Å²) >= 11 is 8.85.